The lowest BCUT2D eigenvalue weighted by Crippen LogP contribution is -2.05. The molecule has 0 saturated heterocycles. The molecule has 0 aliphatic carbocycles. The van der Waals surface area contributed by atoms with Crippen molar-refractivity contribution in [2.24, 2.45) is 0 Å². The summed E-state index contributed by atoms with van der Waals surface area (Å²) in [5.74, 6) is 0. The summed E-state index contributed by atoms with van der Waals surface area (Å²) in [6.45, 7) is 0. The standard InChI is InChI=1S/C12H8ClF3N2S/c13-8-2-1-3-9(17)11(8)19-10-5-4-7(6-18-10)12(14,15)16/h1-6H,17H2. The minimum atomic E-state index is -4.39. The smallest absolute Gasteiger partial charge is 0.398 e. The van der Waals surface area contributed by atoms with Crippen LogP contribution in [0.4, 0.5) is 18.9 Å². The van der Waals surface area contributed by atoms with E-state index < -0.39 is 11.7 Å². The van der Waals surface area contributed by atoms with Crippen LogP contribution >= 0.6 is 23.4 Å². The molecule has 2 N–H and O–H groups in total. The molecule has 0 fully saturated rings. The summed E-state index contributed by atoms with van der Waals surface area (Å²) in [4.78, 5) is 4.33. The zero-order chi connectivity index (χ0) is 14.0. The van der Waals surface area contributed by atoms with Crippen LogP contribution in [0.25, 0.3) is 0 Å². The third-order valence-corrected chi connectivity index (χ3v) is 3.81. The second-order valence-corrected chi connectivity index (χ2v) is 5.08. The highest BCUT2D eigenvalue weighted by molar-refractivity contribution is 7.99. The number of alkyl halides is 3. The highest BCUT2D eigenvalue weighted by Crippen LogP contribution is 2.37. The first kappa shape index (κ1) is 14.0. The van der Waals surface area contributed by atoms with Crippen LogP contribution in [0, 0.1) is 0 Å². The molecule has 100 valence electrons. The van der Waals surface area contributed by atoms with Crippen molar-refractivity contribution in [2.45, 2.75) is 16.1 Å². The van der Waals surface area contributed by atoms with Crippen molar-refractivity contribution < 1.29 is 13.2 Å². The van der Waals surface area contributed by atoms with Crippen LogP contribution in [-0.2, 0) is 6.18 Å². The van der Waals surface area contributed by atoms with Crippen molar-refractivity contribution >= 4 is 29.1 Å². The van der Waals surface area contributed by atoms with Crippen LogP contribution in [0.15, 0.2) is 46.5 Å². The lowest BCUT2D eigenvalue weighted by molar-refractivity contribution is -0.137. The molecule has 0 amide bonds. The normalized spacial score (nSPS) is 11.6. The molecule has 0 spiro atoms. The molecule has 0 aliphatic rings. The molecule has 0 radical (unpaired) electrons. The van der Waals surface area contributed by atoms with Crippen LogP contribution in [-0.4, -0.2) is 4.98 Å². The predicted octanol–water partition coefficient (Wildman–Crippen LogP) is 4.49. The zero-order valence-electron chi connectivity index (χ0n) is 9.41. The maximum atomic E-state index is 12.4. The molecule has 7 heteroatoms. The van der Waals surface area contributed by atoms with E-state index in [1.807, 2.05) is 0 Å². The van der Waals surface area contributed by atoms with E-state index in [1.165, 1.54) is 6.07 Å². The number of benzene rings is 1. The first-order chi connectivity index (χ1) is 8.88. The SMILES string of the molecule is Nc1cccc(Cl)c1Sc1ccc(C(F)(F)F)cn1. The molecule has 2 nitrogen and oxygen atoms in total. The number of pyridine rings is 1. The Labute approximate surface area is 116 Å². The first-order valence-corrected chi connectivity index (χ1v) is 6.32. The molecule has 1 heterocycles. The van der Waals surface area contributed by atoms with Gasteiger partial charge in [-0.2, -0.15) is 13.2 Å². The Balaban J connectivity index is 2.25. The summed E-state index contributed by atoms with van der Waals surface area (Å²) >= 11 is 7.10. The van der Waals surface area contributed by atoms with Gasteiger partial charge < -0.3 is 5.73 Å². The van der Waals surface area contributed by atoms with Gasteiger partial charge in [0.05, 0.1) is 15.5 Å². The van der Waals surface area contributed by atoms with E-state index in [9.17, 15) is 13.2 Å². The Morgan fingerprint density at radius 1 is 1.16 bits per heavy atom. The van der Waals surface area contributed by atoms with Gasteiger partial charge in [0.25, 0.3) is 0 Å². The fourth-order valence-electron chi connectivity index (χ4n) is 1.35. The Kier molecular flexibility index (Phi) is 3.91. The predicted molar refractivity (Wildman–Crippen MR) is 69.2 cm³/mol. The lowest BCUT2D eigenvalue weighted by atomic mass is 10.3. The van der Waals surface area contributed by atoms with Crippen LogP contribution in [0.5, 0.6) is 0 Å². The summed E-state index contributed by atoms with van der Waals surface area (Å²) < 4.78 is 37.2. The van der Waals surface area contributed by atoms with Gasteiger partial charge in [0.15, 0.2) is 0 Å². The van der Waals surface area contributed by atoms with Crippen molar-refractivity contribution in [1.82, 2.24) is 4.98 Å². The van der Waals surface area contributed by atoms with E-state index in [0.717, 1.165) is 24.0 Å². The highest BCUT2D eigenvalue weighted by Gasteiger charge is 2.30. The molecule has 19 heavy (non-hydrogen) atoms. The summed E-state index contributed by atoms with van der Waals surface area (Å²) in [5, 5.41) is 0.833. The first-order valence-electron chi connectivity index (χ1n) is 5.13. The Bertz CT molecular complexity index is 564. The number of nitrogen functional groups attached to an aromatic ring is 1. The fraction of sp³-hybridized carbons (Fsp3) is 0.0833. The number of hydrogen-bond donors (Lipinski definition) is 1. The topological polar surface area (TPSA) is 38.9 Å². The lowest BCUT2D eigenvalue weighted by Gasteiger charge is -2.08. The minimum Gasteiger partial charge on any atom is -0.398 e. The van der Waals surface area contributed by atoms with Crippen LogP contribution in [0.2, 0.25) is 5.02 Å². The average Bonchev–Trinajstić information content (AvgIpc) is 2.33. The number of anilines is 1. The molecule has 0 saturated carbocycles. The molecule has 0 aliphatic heterocycles. The Morgan fingerprint density at radius 3 is 2.42 bits per heavy atom. The second kappa shape index (κ2) is 5.30. The van der Waals surface area contributed by atoms with Gasteiger partial charge >= 0.3 is 6.18 Å². The number of nitrogens with zero attached hydrogens (tertiary/aromatic N) is 1. The van der Waals surface area contributed by atoms with Crippen molar-refractivity contribution in [1.29, 1.82) is 0 Å². The summed E-state index contributed by atoms with van der Waals surface area (Å²) in [5.41, 5.74) is 5.42. The van der Waals surface area contributed by atoms with Gasteiger partial charge in [0, 0.05) is 11.9 Å². The number of nitrogens with two attached hydrogens (primary N) is 1. The second-order valence-electron chi connectivity index (χ2n) is 3.64. The average molecular weight is 305 g/mol. The molecule has 1 aromatic heterocycles. The maximum absolute atomic E-state index is 12.4. The highest BCUT2D eigenvalue weighted by atomic mass is 35.5. The van der Waals surface area contributed by atoms with Gasteiger partial charge in [0.2, 0.25) is 0 Å². The van der Waals surface area contributed by atoms with Gasteiger partial charge in [-0.1, -0.05) is 29.4 Å². The summed E-state index contributed by atoms with van der Waals surface area (Å²) in [7, 11) is 0. The molecule has 2 rings (SSSR count). The van der Waals surface area contributed by atoms with E-state index in [-0.39, 0.29) is 0 Å². The van der Waals surface area contributed by atoms with Crippen LogP contribution in [0.1, 0.15) is 5.56 Å². The zero-order valence-corrected chi connectivity index (χ0v) is 11.0. The van der Waals surface area contributed by atoms with Gasteiger partial charge in [-0.25, -0.2) is 4.98 Å². The fourth-order valence-corrected chi connectivity index (χ4v) is 2.45. The third-order valence-electron chi connectivity index (χ3n) is 2.27. The van der Waals surface area contributed by atoms with Crippen LogP contribution in [0.3, 0.4) is 0 Å². The van der Waals surface area contributed by atoms with E-state index in [4.69, 9.17) is 17.3 Å². The van der Waals surface area contributed by atoms with E-state index >= 15 is 0 Å². The van der Waals surface area contributed by atoms with E-state index in [1.54, 1.807) is 18.2 Å². The Morgan fingerprint density at radius 2 is 1.89 bits per heavy atom. The van der Waals surface area contributed by atoms with Crippen LogP contribution < -0.4 is 5.73 Å². The van der Waals surface area contributed by atoms with Gasteiger partial charge in [-0.3, -0.25) is 0 Å². The molecule has 0 bridgehead atoms. The molecule has 0 atom stereocenters. The van der Waals surface area contributed by atoms with Crippen molar-refractivity contribution in [2.75, 3.05) is 5.73 Å². The number of rotatable bonds is 2. The Hall–Kier alpha value is -1.40. The molecule has 1 aromatic carbocycles. The van der Waals surface area contributed by atoms with Crippen molar-refractivity contribution in [3.8, 4) is 0 Å². The summed E-state index contributed by atoms with van der Waals surface area (Å²) in [6, 6.07) is 7.28. The molecule has 0 unspecified atom stereocenters. The molecular weight excluding hydrogens is 297 g/mol. The number of halogens is 4. The van der Waals surface area contributed by atoms with Gasteiger partial charge in [0.1, 0.15) is 5.03 Å². The maximum Gasteiger partial charge on any atom is 0.417 e. The van der Waals surface area contributed by atoms with E-state index in [2.05, 4.69) is 4.98 Å². The van der Waals surface area contributed by atoms with Crippen molar-refractivity contribution in [3.05, 3.63) is 47.1 Å². The van der Waals surface area contributed by atoms with E-state index in [0.29, 0.717) is 20.6 Å². The largest absolute Gasteiger partial charge is 0.417 e. The number of hydrogen-bond acceptors (Lipinski definition) is 3. The summed E-state index contributed by atoms with van der Waals surface area (Å²) in [6.07, 6.45) is -3.60. The third kappa shape index (κ3) is 3.33. The minimum absolute atomic E-state index is 0.396. The van der Waals surface area contributed by atoms with Gasteiger partial charge in [-0.15, -0.1) is 0 Å². The molecular formula is C12H8ClF3N2S. The van der Waals surface area contributed by atoms with Crippen molar-refractivity contribution in [3.63, 3.8) is 0 Å². The quantitative estimate of drug-likeness (QED) is 0.831. The monoisotopic (exact) mass is 304 g/mol. The number of aromatic nitrogens is 1. The van der Waals surface area contributed by atoms with Gasteiger partial charge in [-0.05, 0) is 24.3 Å². The molecule has 2 aromatic rings.